The molecular formula is C13H20F2N4O. The Kier molecular flexibility index (Phi) is 5.08. The van der Waals surface area contributed by atoms with E-state index in [1.807, 2.05) is 6.92 Å². The molecule has 1 saturated heterocycles. The number of nitrogens with one attached hydrogen (secondary N) is 2. The third kappa shape index (κ3) is 3.77. The number of anilines is 2. The lowest BCUT2D eigenvalue weighted by Crippen LogP contribution is -2.42. The molecule has 1 aliphatic heterocycles. The van der Waals surface area contributed by atoms with Crippen molar-refractivity contribution in [2.24, 2.45) is 0 Å². The Morgan fingerprint density at radius 1 is 1.30 bits per heavy atom. The monoisotopic (exact) mass is 286 g/mol. The maximum Gasteiger partial charge on any atom is 0.168 e. The van der Waals surface area contributed by atoms with Gasteiger partial charge in [0, 0.05) is 38.8 Å². The first-order chi connectivity index (χ1) is 9.60. The number of aromatic nitrogens is 1. The number of hydrogen-bond acceptors (Lipinski definition) is 5. The molecule has 20 heavy (non-hydrogen) atoms. The van der Waals surface area contributed by atoms with Crippen molar-refractivity contribution in [1.82, 2.24) is 9.88 Å². The minimum Gasteiger partial charge on any atom is -0.379 e. The van der Waals surface area contributed by atoms with Gasteiger partial charge in [-0.2, -0.15) is 0 Å². The third-order valence-electron chi connectivity index (χ3n) is 3.19. The first-order valence-corrected chi connectivity index (χ1v) is 6.70. The zero-order valence-electron chi connectivity index (χ0n) is 11.7. The maximum atomic E-state index is 13.7. The second-order valence-electron chi connectivity index (χ2n) is 4.86. The van der Waals surface area contributed by atoms with E-state index < -0.39 is 11.6 Å². The van der Waals surface area contributed by atoms with E-state index in [4.69, 9.17) is 4.74 Å². The molecule has 7 heteroatoms. The van der Waals surface area contributed by atoms with Gasteiger partial charge in [-0.3, -0.25) is 4.90 Å². The zero-order chi connectivity index (χ0) is 14.5. The van der Waals surface area contributed by atoms with Crippen LogP contribution in [-0.4, -0.2) is 55.8 Å². The molecule has 1 unspecified atom stereocenters. The van der Waals surface area contributed by atoms with Crippen LogP contribution in [0.5, 0.6) is 0 Å². The molecule has 112 valence electrons. The third-order valence-corrected chi connectivity index (χ3v) is 3.19. The highest BCUT2D eigenvalue weighted by Gasteiger charge is 2.16. The summed E-state index contributed by atoms with van der Waals surface area (Å²) in [5.41, 5.74) is 0. The van der Waals surface area contributed by atoms with Gasteiger partial charge in [0.1, 0.15) is 0 Å². The topological polar surface area (TPSA) is 49.4 Å². The van der Waals surface area contributed by atoms with Crippen LogP contribution in [0.2, 0.25) is 0 Å². The van der Waals surface area contributed by atoms with Crippen molar-refractivity contribution in [1.29, 1.82) is 0 Å². The van der Waals surface area contributed by atoms with E-state index in [-0.39, 0.29) is 17.7 Å². The summed E-state index contributed by atoms with van der Waals surface area (Å²) in [4.78, 5) is 6.15. The van der Waals surface area contributed by atoms with Crippen LogP contribution in [-0.2, 0) is 4.74 Å². The first kappa shape index (κ1) is 14.9. The van der Waals surface area contributed by atoms with E-state index in [2.05, 4.69) is 20.5 Å². The van der Waals surface area contributed by atoms with Crippen molar-refractivity contribution in [3.63, 3.8) is 0 Å². The van der Waals surface area contributed by atoms with Crippen molar-refractivity contribution in [3.8, 4) is 0 Å². The number of halogens is 2. The Labute approximate surface area is 117 Å². The molecule has 0 radical (unpaired) electrons. The second-order valence-corrected chi connectivity index (χ2v) is 4.86. The average Bonchev–Trinajstić information content (AvgIpc) is 2.43. The largest absolute Gasteiger partial charge is 0.379 e. The van der Waals surface area contributed by atoms with Crippen LogP contribution in [0.25, 0.3) is 0 Å². The van der Waals surface area contributed by atoms with Gasteiger partial charge in [0.2, 0.25) is 0 Å². The standard InChI is InChI=1S/C13H20F2N4O/c1-9(8-19-3-5-20-6-4-19)17-13-11(15)7-10(14)12(16-2)18-13/h7,9H,3-6,8H2,1-2H3,(H2,16,17,18). The predicted octanol–water partition coefficient (Wildman–Crippen LogP) is 1.53. The van der Waals surface area contributed by atoms with Gasteiger partial charge >= 0.3 is 0 Å². The van der Waals surface area contributed by atoms with Crippen LogP contribution in [0.1, 0.15) is 6.92 Å². The molecule has 2 rings (SSSR count). The van der Waals surface area contributed by atoms with Crippen LogP contribution < -0.4 is 10.6 Å². The first-order valence-electron chi connectivity index (χ1n) is 6.70. The molecular weight excluding hydrogens is 266 g/mol. The van der Waals surface area contributed by atoms with Gasteiger partial charge in [0.15, 0.2) is 23.3 Å². The molecule has 0 aliphatic carbocycles. The fourth-order valence-corrected chi connectivity index (χ4v) is 2.19. The average molecular weight is 286 g/mol. The molecule has 1 aromatic rings. The quantitative estimate of drug-likeness (QED) is 0.860. The van der Waals surface area contributed by atoms with Gasteiger partial charge in [0.05, 0.1) is 13.2 Å². The molecule has 2 N–H and O–H groups in total. The predicted molar refractivity (Wildman–Crippen MR) is 74.0 cm³/mol. The number of nitrogens with zero attached hydrogens (tertiary/aromatic N) is 2. The Hall–Kier alpha value is -1.47. The molecule has 1 atom stereocenters. The lowest BCUT2D eigenvalue weighted by atomic mass is 10.2. The summed E-state index contributed by atoms with van der Waals surface area (Å²) in [5.74, 6) is -1.28. The highest BCUT2D eigenvalue weighted by Crippen LogP contribution is 2.19. The van der Waals surface area contributed by atoms with Crippen LogP contribution in [0, 0.1) is 11.6 Å². The maximum absolute atomic E-state index is 13.7. The second kappa shape index (κ2) is 6.81. The van der Waals surface area contributed by atoms with Crippen molar-refractivity contribution < 1.29 is 13.5 Å². The summed E-state index contributed by atoms with van der Waals surface area (Å²) in [6.45, 7) is 5.88. The lowest BCUT2D eigenvalue weighted by molar-refractivity contribution is 0.0368. The minimum absolute atomic E-state index is 0.00488. The summed E-state index contributed by atoms with van der Waals surface area (Å²) in [6, 6.07) is 0.841. The molecule has 5 nitrogen and oxygen atoms in total. The molecule has 0 aromatic carbocycles. The van der Waals surface area contributed by atoms with E-state index in [1.165, 1.54) is 0 Å². The van der Waals surface area contributed by atoms with Crippen molar-refractivity contribution in [2.75, 3.05) is 50.5 Å². The van der Waals surface area contributed by atoms with E-state index in [0.717, 1.165) is 38.9 Å². The van der Waals surface area contributed by atoms with E-state index in [9.17, 15) is 8.78 Å². The molecule has 2 heterocycles. The van der Waals surface area contributed by atoms with E-state index in [1.54, 1.807) is 7.05 Å². The van der Waals surface area contributed by atoms with Crippen LogP contribution in [0.3, 0.4) is 0 Å². The van der Waals surface area contributed by atoms with Gasteiger partial charge in [-0.1, -0.05) is 0 Å². The van der Waals surface area contributed by atoms with E-state index in [0.29, 0.717) is 0 Å². The molecule has 0 saturated carbocycles. The molecule has 0 bridgehead atoms. The molecule has 1 fully saturated rings. The minimum atomic E-state index is -0.698. The molecule has 1 aromatic heterocycles. The number of rotatable bonds is 5. The van der Waals surface area contributed by atoms with Gasteiger partial charge in [-0.25, -0.2) is 13.8 Å². The SMILES string of the molecule is CNc1nc(NC(C)CN2CCOCC2)c(F)cc1F. The number of ether oxygens (including phenoxy) is 1. The smallest absolute Gasteiger partial charge is 0.168 e. The van der Waals surface area contributed by atoms with Crippen molar-refractivity contribution in [3.05, 3.63) is 17.7 Å². The lowest BCUT2D eigenvalue weighted by Gasteiger charge is -2.29. The van der Waals surface area contributed by atoms with Crippen LogP contribution in [0.4, 0.5) is 20.4 Å². The summed E-state index contributed by atoms with van der Waals surface area (Å²) >= 11 is 0. The zero-order valence-corrected chi connectivity index (χ0v) is 11.7. The number of morpholine rings is 1. The Bertz CT molecular complexity index is 452. The van der Waals surface area contributed by atoms with Gasteiger partial charge in [-0.15, -0.1) is 0 Å². The Morgan fingerprint density at radius 3 is 2.60 bits per heavy atom. The van der Waals surface area contributed by atoms with Crippen molar-refractivity contribution >= 4 is 11.6 Å². The highest BCUT2D eigenvalue weighted by molar-refractivity contribution is 5.47. The van der Waals surface area contributed by atoms with Crippen LogP contribution >= 0.6 is 0 Å². The fraction of sp³-hybridized carbons (Fsp3) is 0.615. The summed E-state index contributed by atoms with van der Waals surface area (Å²) in [6.07, 6.45) is 0. The Morgan fingerprint density at radius 2 is 1.95 bits per heavy atom. The molecule has 0 amide bonds. The Balaban J connectivity index is 1.97. The van der Waals surface area contributed by atoms with Gasteiger partial charge < -0.3 is 15.4 Å². The summed E-state index contributed by atoms with van der Waals surface area (Å²) in [5, 5.41) is 5.58. The number of hydrogen-bond donors (Lipinski definition) is 2. The van der Waals surface area contributed by atoms with Gasteiger partial charge in [-0.05, 0) is 6.92 Å². The molecule has 1 aliphatic rings. The summed E-state index contributed by atoms with van der Waals surface area (Å²) in [7, 11) is 1.55. The summed E-state index contributed by atoms with van der Waals surface area (Å²) < 4.78 is 32.3. The van der Waals surface area contributed by atoms with Crippen LogP contribution in [0.15, 0.2) is 6.07 Å². The van der Waals surface area contributed by atoms with Gasteiger partial charge in [0.25, 0.3) is 0 Å². The number of pyridine rings is 1. The normalized spacial score (nSPS) is 17.8. The fourth-order valence-electron chi connectivity index (χ4n) is 2.19. The molecule has 0 spiro atoms. The van der Waals surface area contributed by atoms with Crippen molar-refractivity contribution in [2.45, 2.75) is 13.0 Å². The van der Waals surface area contributed by atoms with E-state index >= 15 is 0 Å². The highest BCUT2D eigenvalue weighted by atomic mass is 19.1.